The molecule has 0 aliphatic carbocycles. The molecule has 3 heterocycles. The predicted octanol–water partition coefficient (Wildman–Crippen LogP) is 4.14. The molecule has 0 bridgehead atoms. The highest BCUT2D eigenvalue weighted by atomic mass is 32.2. The lowest BCUT2D eigenvalue weighted by Crippen LogP contribution is -2.48. The second-order valence-electron chi connectivity index (χ2n) is 8.82. The minimum atomic E-state index is -3.65. The fourth-order valence-corrected chi connectivity index (χ4v) is 6.92. The van der Waals surface area contributed by atoms with Crippen LogP contribution in [0, 0.1) is 6.92 Å². The molecule has 0 fully saturated rings. The minimum absolute atomic E-state index is 0.330. The van der Waals surface area contributed by atoms with Crippen molar-refractivity contribution in [1.29, 1.82) is 0 Å². The van der Waals surface area contributed by atoms with Gasteiger partial charge in [0.25, 0.3) is 10.0 Å². The van der Waals surface area contributed by atoms with E-state index in [1.807, 2.05) is 43.3 Å². The minimum Gasteiger partial charge on any atom is -0.265 e. The molecule has 3 aromatic rings. The summed E-state index contributed by atoms with van der Waals surface area (Å²) in [6.07, 6.45) is 3.39. The molecular formula is C23H27N3O2SSi. The maximum Gasteiger partial charge on any atom is 0.264 e. The van der Waals surface area contributed by atoms with Crippen molar-refractivity contribution < 1.29 is 8.42 Å². The molecular weight excluding hydrogens is 410 g/mol. The van der Waals surface area contributed by atoms with Crippen LogP contribution in [0.25, 0.3) is 11.4 Å². The van der Waals surface area contributed by atoms with Gasteiger partial charge in [-0.3, -0.25) is 14.3 Å². The van der Waals surface area contributed by atoms with Gasteiger partial charge in [-0.05, 0) is 55.7 Å². The lowest BCUT2D eigenvalue weighted by atomic mass is 10.0. The molecule has 0 amide bonds. The summed E-state index contributed by atoms with van der Waals surface area (Å²) in [4.78, 5) is 9.79. The fraction of sp³-hybridized carbons (Fsp3) is 0.304. The first-order chi connectivity index (χ1) is 14.2. The summed E-state index contributed by atoms with van der Waals surface area (Å²) in [6.45, 7) is 9.07. The topological polar surface area (TPSA) is 63.2 Å². The average Bonchev–Trinajstić information content (AvgIpc) is 2.72. The molecule has 0 N–H and O–H groups in total. The van der Waals surface area contributed by atoms with Crippen molar-refractivity contribution in [3.05, 3.63) is 65.9 Å². The van der Waals surface area contributed by atoms with Crippen molar-refractivity contribution in [2.45, 2.75) is 44.3 Å². The Balaban J connectivity index is 1.92. The van der Waals surface area contributed by atoms with Gasteiger partial charge in [-0.1, -0.05) is 43.4 Å². The Morgan fingerprint density at radius 3 is 2.37 bits per heavy atom. The highest BCUT2D eigenvalue weighted by Crippen LogP contribution is 2.34. The predicted molar refractivity (Wildman–Crippen MR) is 124 cm³/mol. The monoisotopic (exact) mass is 437 g/mol. The van der Waals surface area contributed by atoms with Gasteiger partial charge in [0, 0.05) is 18.1 Å². The van der Waals surface area contributed by atoms with Gasteiger partial charge in [-0.25, -0.2) is 8.42 Å². The Morgan fingerprint density at radius 2 is 1.73 bits per heavy atom. The van der Waals surface area contributed by atoms with Crippen LogP contribution in [0.2, 0.25) is 19.6 Å². The zero-order chi connectivity index (χ0) is 21.5. The van der Waals surface area contributed by atoms with Crippen LogP contribution in [-0.2, 0) is 16.4 Å². The van der Waals surface area contributed by atoms with E-state index < -0.39 is 18.1 Å². The number of pyridine rings is 2. The fourth-order valence-electron chi connectivity index (χ4n) is 3.83. The van der Waals surface area contributed by atoms with Gasteiger partial charge in [0.15, 0.2) is 0 Å². The lowest BCUT2D eigenvalue weighted by Gasteiger charge is -2.35. The average molecular weight is 438 g/mol. The van der Waals surface area contributed by atoms with Crippen molar-refractivity contribution >= 4 is 29.1 Å². The summed E-state index contributed by atoms with van der Waals surface area (Å²) in [5.41, 5.74) is 4.52. The SMILES string of the molecule is Cc1ccc(S(=O)(=O)N2CCCc3cc(-c4ccccn4)nc([Si](C)(C)C)c32)cc1. The van der Waals surface area contributed by atoms with Gasteiger partial charge in [-0.2, -0.15) is 0 Å². The molecule has 5 nitrogen and oxygen atoms in total. The van der Waals surface area contributed by atoms with Crippen LogP contribution in [0.5, 0.6) is 0 Å². The van der Waals surface area contributed by atoms with Crippen LogP contribution in [0.15, 0.2) is 59.6 Å². The first kappa shape index (κ1) is 20.7. The van der Waals surface area contributed by atoms with Crippen LogP contribution in [0.4, 0.5) is 5.69 Å². The largest absolute Gasteiger partial charge is 0.265 e. The van der Waals surface area contributed by atoms with Gasteiger partial charge in [0.05, 0.1) is 22.0 Å². The summed E-state index contributed by atoms with van der Waals surface area (Å²) in [6, 6.07) is 14.9. The maximum atomic E-state index is 13.6. The van der Waals surface area contributed by atoms with Crippen molar-refractivity contribution in [3.63, 3.8) is 0 Å². The number of hydrogen-bond donors (Lipinski definition) is 0. The third-order valence-corrected chi connectivity index (χ3v) is 8.96. The number of aromatic nitrogens is 2. The molecule has 0 atom stereocenters. The van der Waals surface area contributed by atoms with Gasteiger partial charge in [-0.15, -0.1) is 0 Å². The number of benzene rings is 1. The quantitative estimate of drug-likeness (QED) is 0.576. The van der Waals surface area contributed by atoms with E-state index in [2.05, 4.69) is 24.6 Å². The van der Waals surface area contributed by atoms with Crippen molar-refractivity contribution in [3.8, 4) is 11.4 Å². The van der Waals surface area contributed by atoms with Gasteiger partial charge in [0.2, 0.25) is 0 Å². The molecule has 156 valence electrons. The first-order valence-corrected chi connectivity index (χ1v) is 15.2. The van der Waals surface area contributed by atoms with E-state index in [0.717, 1.165) is 46.4 Å². The highest BCUT2D eigenvalue weighted by Gasteiger charge is 2.36. The van der Waals surface area contributed by atoms with E-state index in [0.29, 0.717) is 11.4 Å². The second-order valence-corrected chi connectivity index (χ2v) is 15.7. The van der Waals surface area contributed by atoms with Gasteiger partial charge in [0.1, 0.15) is 8.07 Å². The first-order valence-electron chi connectivity index (χ1n) is 10.2. The molecule has 0 saturated carbocycles. The molecule has 4 rings (SSSR count). The van der Waals surface area contributed by atoms with E-state index in [4.69, 9.17) is 4.98 Å². The Hall–Kier alpha value is -2.51. The molecule has 0 spiro atoms. The summed E-state index contributed by atoms with van der Waals surface area (Å²) in [7, 11) is -5.60. The summed E-state index contributed by atoms with van der Waals surface area (Å²) >= 11 is 0. The standard InChI is InChI=1S/C23H27N3O2SSi/c1-17-10-12-19(13-11-17)29(27,28)26-15-7-8-18-16-21(20-9-5-6-14-24-20)25-23(22(18)26)30(2,3)4/h5-6,9-14,16H,7-8,15H2,1-4H3. The van der Waals surface area contributed by atoms with Crippen molar-refractivity contribution in [1.82, 2.24) is 9.97 Å². The van der Waals surface area contributed by atoms with Crippen LogP contribution >= 0.6 is 0 Å². The lowest BCUT2D eigenvalue weighted by molar-refractivity contribution is 0.586. The zero-order valence-corrected chi connectivity index (χ0v) is 19.7. The number of hydrogen-bond acceptors (Lipinski definition) is 4. The normalized spacial score (nSPS) is 14.5. The molecule has 2 aromatic heterocycles. The van der Waals surface area contributed by atoms with Crippen LogP contribution < -0.4 is 9.62 Å². The Bertz CT molecular complexity index is 1170. The van der Waals surface area contributed by atoms with Gasteiger partial charge < -0.3 is 0 Å². The van der Waals surface area contributed by atoms with E-state index >= 15 is 0 Å². The summed E-state index contributed by atoms with van der Waals surface area (Å²) < 4.78 is 28.8. The van der Waals surface area contributed by atoms with Crippen LogP contribution in [-0.4, -0.2) is 33.0 Å². The highest BCUT2D eigenvalue weighted by molar-refractivity contribution is 7.92. The molecule has 0 unspecified atom stereocenters. The van der Waals surface area contributed by atoms with Crippen LogP contribution in [0.1, 0.15) is 17.5 Å². The van der Waals surface area contributed by atoms with E-state index in [1.165, 1.54) is 0 Å². The van der Waals surface area contributed by atoms with E-state index in [9.17, 15) is 8.42 Å². The number of sulfonamides is 1. The molecule has 30 heavy (non-hydrogen) atoms. The number of aryl methyl sites for hydroxylation is 2. The summed E-state index contributed by atoms with van der Waals surface area (Å²) in [5.74, 6) is 0. The molecule has 1 aromatic carbocycles. The Kier molecular flexibility index (Phi) is 5.28. The Morgan fingerprint density at radius 1 is 1.00 bits per heavy atom. The molecule has 7 heteroatoms. The number of anilines is 1. The second kappa shape index (κ2) is 7.63. The maximum absolute atomic E-state index is 13.6. The number of nitrogens with zero attached hydrogens (tertiary/aromatic N) is 3. The van der Waals surface area contributed by atoms with E-state index in [-0.39, 0.29) is 0 Å². The molecule has 0 saturated heterocycles. The third-order valence-electron chi connectivity index (χ3n) is 5.38. The van der Waals surface area contributed by atoms with Crippen molar-refractivity contribution in [2.24, 2.45) is 0 Å². The van der Waals surface area contributed by atoms with Crippen molar-refractivity contribution in [2.75, 3.05) is 10.8 Å². The van der Waals surface area contributed by atoms with Gasteiger partial charge >= 0.3 is 0 Å². The number of rotatable bonds is 4. The smallest absolute Gasteiger partial charge is 0.264 e. The zero-order valence-electron chi connectivity index (χ0n) is 17.9. The summed E-state index contributed by atoms with van der Waals surface area (Å²) in [5, 5.41) is 0.927. The molecule has 1 aliphatic rings. The third kappa shape index (κ3) is 3.79. The van der Waals surface area contributed by atoms with Crippen LogP contribution in [0.3, 0.4) is 0 Å². The van der Waals surface area contributed by atoms with E-state index in [1.54, 1.807) is 22.6 Å². The Labute approximate surface area is 179 Å². The molecule has 1 aliphatic heterocycles. The number of fused-ring (bicyclic) bond motifs is 1. The molecule has 0 radical (unpaired) electrons.